The highest BCUT2D eigenvalue weighted by atomic mass is 16.3. The molecule has 15 rings (SSSR count). The summed E-state index contributed by atoms with van der Waals surface area (Å²) in [6, 6.07) is 96.7. The van der Waals surface area contributed by atoms with Crippen molar-refractivity contribution in [3.8, 4) is 44.5 Å². The lowest BCUT2D eigenvalue weighted by atomic mass is 9.68. The minimum absolute atomic E-state index is 0.417. The zero-order chi connectivity index (χ0) is 46.0. The third-order valence-corrected chi connectivity index (χ3v) is 15.8. The molecule has 0 aliphatic heterocycles. The lowest BCUT2D eigenvalue weighted by molar-refractivity contribution is 0.669. The lowest BCUT2D eigenvalue weighted by Crippen LogP contribution is -2.28. The molecule has 0 N–H and O–H groups in total. The van der Waals surface area contributed by atoms with Gasteiger partial charge in [-0.05, 0) is 144 Å². The van der Waals surface area contributed by atoms with Gasteiger partial charge in [0.05, 0.1) is 10.8 Å². The summed E-state index contributed by atoms with van der Waals surface area (Å²) in [6.07, 6.45) is 0. The molecule has 0 fully saturated rings. The number of hydrogen-bond acceptors (Lipinski definition) is 2. The van der Waals surface area contributed by atoms with Crippen LogP contribution in [0.4, 0.5) is 17.1 Å². The second kappa shape index (κ2) is 14.8. The van der Waals surface area contributed by atoms with Crippen molar-refractivity contribution in [2.75, 3.05) is 4.90 Å². The van der Waals surface area contributed by atoms with Crippen LogP contribution in [-0.4, -0.2) is 0 Å². The van der Waals surface area contributed by atoms with E-state index < -0.39 is 10.8 Å². The first-order chi connectivity index (χ1) is 34.7. The molecule has 70 heavy (non-hydrogen) atoms. The molecule has 0 amide bonds. The van der Waals surface area contributed by atoms with Gasteiger partial charge in [0.1, 0.15) is 11.2 Å². The fourth-order valence-corrected chi connectivity index (χ4v) is 13.0. The molecule has 0 saturated carbocycles. The minimum atomic E-state index is -0.493. The number of fused-ring (bicyclic) bond motifs is 16. The largest absolute Gasteiger partial charge is 0.456 e. The standard InChI is InChI=1S/C68H43NO/c1-2-18-46(19-3-1)67(59-27-10-4-21-51(59)52-22-5-11-28-60(52)67)47-34-36-48(37-35-47)69(49-20-16-17-44(41-49)45-33-40-66-58(42-45)56-26-9-15-32-65(56)70-66)50-38-39-64-57(43-50)55-25-8-14-31-63(55)68(64)61-29-12-6-23-53(61)54-24-7-13-30-62(54)68/h1-43H. The van der Waals surface area contributed by atoms with Crippen LogP contribution >= 0.6 is 0 Å². The van der Waals surface area contributed by atoms with E-state index in [0.29, 0.717) is 0 Å². The summed E-state index contributed by atoms with van der Waals surface area (Å²) in [5, 5.41) is 2.25. The van der Waals surface area contributed by atoms with E-state index in [1.807, 2.05) is 12.1 Å². The van der Waals surface area contributed by atoms with E-state index in [4.69, 9.17) is 4.42 Å². The molecule has 0 bridgehead atoms. The topological polar surface area (TPSA) is 16.4 Å². The van der Waals surface area contributed by atoms with Gasteiger partial charge in [-0.25, -0.2) is 0 Å². The highest BCUT2D eigenvalue weighted by molar-refractivity contribution is 6.06. The molecule has 3 aliphatic carbocycles. The number of rotatable bonds is 6. The van der Waals surface area contributed by atoms with Crippen molar-refractivity contribution < 1.29 is 4.42 Å². The predicted octanol–water partition coefficient (Wildman–Crippen LogP) is 17.4. The second-order valence-corrected chi connectivity index (χ2v) is 19.1. The third kappa shape index (κ3) is 5.22. The first kappa shape index (κ1) is 39.1. The van der Waals surface area contributed by atoms with E-state index in [2.05, 4.69) is 254 Å². The molecule has 0 unspecified atom stereocenters. The van der Waals surface area contributed by atoms with Crippen molar-refractivity contribution >= 4 is 39.0 Å². The molecule has 3 aliphatic rings. The summed E-state index contributed by atoms with van der Waals surface area (Å²) >= 11 is 0. The zero-order valence-electron chi connectivity index (χ0n) is 38.2. The highest BCUT2D eigenvalue weighted by Gasteiger charge is 2.52. The smallest absolute Gasteiger partial charge is 0.135 e. The quantitative estimate of drug-likeness (QED) is 0.165. The summed E-state index contributed by atoms with van der Waals surface area (Å²) in [4.78, 5) is 2.45. The summed E-state index contributed by atoms with van der Waals surface area (Å²) < 4.78 is 6.27. The number of furan rings is 1. The average Bonchev–Trinajstić information content (AvgIpc) is 4.15. The number of para-hydroxylation sites is 1. The minimum Gasteiger partial charge on any atom is -0.456 e. The first-order valence-electron chi connectivity index (χ1n) is 24.3. The number of benzene rings is 11. The van der Waals surface area contributed by atoms with E-state index in [0.717, 1.165) is 50.1 Å². The Hall–Kier alpha value is -8.98. The second-order valence-electron chi connectivity index (χ2n) is 19.1. The molecule has 0 radical (unpaired) electrons. The predicted molar refractivity (Wildman–Crippen MR) is 287 cm³/mol. The Labute approximate surface area is 407 Å². The van der Waals surface area contributed by atoms with Gasteiger partial charge in [0.2, 0.25) is 0 Å². The van der Waals surface area contributed by atoms with Gasteiger partial charge in [0.25, 0.3) is 0 Å². The Morgan fingerprint density at radius 2 is 0.714 bits per heavy atom. The van der Waals surface area contributed by atoms with Gasteiger partial charge in [-0.15, -0.1) is 0 Å². The fraction of sp³-hybridized carbons (Fsp3) is 0.0294. The zero-order valence-corrected chi connectivity index (χ0v) is 38.2. The third-order valence-electron chi connectivity index (χ3n) is 15.8. The van der Waals surface area contributed by atoms with Crippen molar-refractivity contribution in [3.05, 3.63) is 305 Å². The van der Waals surface area contributed by atoms with Crippen LogP contribution in [0.1, 0.15) is 44.5 Å². The molecule has 1 spiro atoms. The van der Waals surface area contributed by atoms with E-state index >= 15 is 0 Å². The number of nitrogens with zero attached hydrogens (tertiary/aromatic N) is 1. The summed E-state index contributed by atoms with van der Waals surface area (Å²) in [5.74, 6) is 0. The van der Waals surface area contributed by atoms with Crippen molar-refractivity contribution in [3.63, 3.8) is 0 Å². The van der Waals surface area contributed by atoms with Gasteiger partial charge in [-0.1, -0.05) is 206 Å². The Morgan fingerprint density at radius 1 is 0.257 bits per heavy atom. The van der Waals surface area contributed by atoms with Gasteiger partial charge >= 0.3 is 0 Å². The maximum atomic E-state index is 6.27. The van der Waals surface area contributed by atoms with Gasteiger partial charge in [-0.2, -0.15) is 0 Å². The maximum Gasteiger partial charge on any atom is 0.135 e. The van der Waals surface area contributed by atoms with Crippen LogP contribution in [0.25, 0.3) is 66.4 Å². The van der Waals surface area contributed by atoms with Crippen molar-refractivity contribution in [2.24, 2.45) is 0 Å². The van der Waals surface area contributed by atoms with Gasteiger partial charge < -0.3 is 9.32 Å². The van der Waals surface area contributed by atoms with E-state index in [1.165, 1.54) is 77.9 Å². The molecule has 11 aromatic carbocycles. The average molecular weight is 890 g/mol. The highest BCUT2D eigenvalue weighted by Crippen LogP contribution is 2.63. The summed E-state index contributed by atoms with van der Waals surface area (Å²) in [7, 11) is 0. The summed E-state index contributed by atoms with van der Waals surface area (Å²) in [6.45, 7) is 0. The molecule has 326 valence electrons. The van der Waals surface area contributed by atoms with Crippen LogP contribution in [0.15, 0.2) is 265 Å². The van der Waals surface area contributed by atoms with Crippen molar-refractivity contribution in [1.29, 1.82) is 0 Å². The Bertz CT molecular complexity index is 3990. The van der Waals surface area contributed by atoms with E-state index in [1.54, 1.807) is 0 Å². The van der Waals surface area contributed by atoms with E-state index in [-0.39, 0.29) is 0 Å². The van der Waals surface area contributed by atoms with Gasteiger partial charge in [0, 0.05) is 27.8 Å². The molecule has 2 nitrogen and oxygen atoms in total. The van der Waals surface area contributed by atoms with Crippen LogP contribution in [0.5, 0.6) is 0 Å². The lowest BCUT2D eigenvalue weighted by Gasteiger charge is -2.34. The maximum absolute atomic E-state index is 6.27. The number of hydrogen-bond donors (Lipinski definition) is 0. The van der Waals surface area contributed by atoms with Crippen LogP contribution < -0.4 is 4.90 Å². The van der Waals surface area contributed by atoms with Crippen LogP contribution in [0, 0.1) is 0 Å². The SMILES string of the molecule is c1ccc(C2(c3ccc(N(c4cccc(-c5ccc6oc7ccccc7c6c5)c4)c4ccc5c(c4)-c4ccccc4C54c5ccccc5-c5ccccc54)cc3)c3ccccc3-c3ccccc32)cc1. The molecule has 1 aromatic heterocycles. The first-order valence-corrected chi connectivity index (χ1v) is 24.3. The molecule has 2 heteroatoms. The molecule has 12 aromatic rings. The normalized spacial score (nSPS) is 13.9. The van der Waals surface area contributed by atoms with Crippen molar-refractivity contribution in [1.82, 2.24) is 0 Å². The monoisotopic (exact) mass is 889 g/mol. The van der Waals surface area contributed by atoms with E-state index in [9.17, 15) is 0 Å². The fourth-order valence-electron chi connectivity index (χ4n) is 13.0. The van der Waals surface area contributed by atoms with Gasteiger partial charge in [-0.3, -0.25) is 0 Å². The summed E-state index contributed by atoms with van der Waals surface area (Å²) in [5.41, 5.74) is 24.6. The Balaban J connectivity index is 0.939. The van der Waals surface area contributed by atoms with Crippen molar-refractivity contribution in [2.45, 2.75) is 10.8 Å². The van der Waals surface area contributed by atoms with Crippen LogP contribution in [0.2, 0.25) is 0 Å². The van der Waals surface area contributed by atoms with Crippen LogP contribution in [0.3, 0.4) is 0 Å². The Morgan fingerprint density at radius 3 is 1.34 bits per heavy atom. The molecule has 1 heterocycles. The van der Waals surface area contributed by atoms with Crippen LogP contribution in [-0.2, 0) is 10.8 Å². The van der Waals surface area contributed by atoms with Gasteiger partial charge in [0.15, 0.2) is 0 Å². The molecule has 0 atom stereocenters. The Kier molecular flexibility index (Phi) is 8.24. The number of anilines is 3. The molecule has 0 saturated heterocycles. The molecular weight excluding hydrogens is 847 g/mol. The molecular formula is C68H43NO.